The van der Waals surface area contributed by atoms with Gasteiger partial charge in [0.25, 0.3) is 5.69 Å². The third kappa shape index (κ3) is 5.18. The van der Waals surface area contributed by atoms with Crippen molar-refractivity contribution in [1.29, 1.82) is 0 Å². The van der Waals surface area contributed by atoms with Crippen LogP contribution >= 0.6 is 0 Å². The van der Waals surface area contributed by atoms with E-state index in [1.807, 2.05) is 0 Å². The second-order valence-corrected chi connectivity index (χ2v) is 5.40. The number of nitro groups is 1. The first-order valence-electron chi connectivity index (χ1n) is 7.99. The molecule has 2 rings (SSSR count). The first kappa shape index (κ1) is 19.7. The number of rotatable bonds is 8. The molecule has 0 fully saturated rings. The molecule has 0 spiro atoms. The molecule has 0 heterocycles. The van der Waals surface area contributed by atoms with Crippen molar-refractivity contribution in [3.05, 3.63) is 58.1 Å². The van der Waals surface area contributed by atoms with Gasteiger partial charge in [-0.3, -0.25) is 14.9 Å². The summed E-state index contributed by atoms with van der Waals surface area (Å²) in [4.78, 5) is 34.5. The number of carbonyl (C=O) groups excluding carboxylic acids is 2. The fourth-order valence-electron chi connectivity index (χ4n) is 2.34. The van der Waals surface area contributed by atoms with Crippen LogP contribution in [-0.2, 0) is 9.53 Å². The molecule has 0 radical (unpaired) electrons. The SMILES string of the molecule is COC(=O)c1cc(OC)ccc1NC(=O)CCNc1ccccc1[N+](=O)[O-]. The van der Waals surface area contributed by atoms with Gasteiger partial charge in [-0.15, -0.1) is 0 Å². The van der Waals surface area contributed by atoms with Crippen molar-refractivity contribution >= 4 is 28.9 Å². The molecular weight excluding hydrogens is 354 g/mol. The first-order chi connectivity index (χ1) is 13.0. The number of hydrogen-bond acceptors (Lipinski definition) is 7. The topological polar surface area (TPSA) is 120 Å². The second kappa shape index (κ2) is 9.18. The molecule has 2 aromatic rings. The Hall–Kier alpha value is -3.62. The van der Waals surface area contributed by atoms with Crippen molar-refractivity contribution < 1.29 is 24.0 Å². The van der Waals surface area contributed by atoms with E-state index in [2.05, 4.69) is 10.6 Å². The summed E-state index contributed by atoms with van der Waals surface area (Å²) in [5.74, 6) is -0.523. The van der Waals surface area contributed by atoms with Gasteiger partial charge in [0, 0.05) is 19.0 Å². The Balaban J connectivity index is 2.00. The number of ether oxygens (including phenoxy) is 2. The summed E-state index contributed by atoms with van der Waals surface area (Å²) in [5.41, 5.74) is 0.714. The highest BCUT2D eigenvalue weighted by atomic mass is 16.6. The lowest BCUT2D eigenvalue weighted by molar-refractivity contribution is -0.384. The molecule has 0 unspecified atom stereocenters. The Morgan fingerprint density at radius 2 is 1.85 bits per heavy atom. The molecule has 1 amide bonds. The Morgan fingerprint density at radius 1 is 1.11 bits per heavy atom. The molecule has 0 aromatic heterocycles. The largest absolute Gasteiger partial charge is 0.497 e. The van der Waals surface area contributed by atoms with Crippen LogP contribution in [0.1, 0.15) is 16.8 Å². The molecule has 0 atom stereocenters. The maximum Gasteiger partial charge on any atom is 0.340 e. The van der Waals surface area contributed by atoms with Gasteiger partial charge in [-0.05, 0) is 24.3 Å². The highest BCUT2D eigenvalue weighted by molar-refractivity contribution is 6.01. The summed E-state index contributed by atoms with van der Waals surface area (Å²) in [6.45, 7) is 0.181. The normalized spacial score (nSPS) is 10.0. The predicted octanol–water partition coefficient (Wildman–Crippen LogP) is 2.83. The molecule has 0 bridgehead atoms. The van der Waals surface area contributed by atoms with E-state index in [9.17, 15) is 19.7 Å². The average molecular weight is 373 g/mol. The van der Waals surface area contributed by atoms with Crippen LogP contribution in [0.5, 0.6) is 5.75 Å². The smallest absolute Gasteiger partial charge is 0.340 e. The monoisotopic (exact) mass is 373 g/mol. The molecule has 9 heteroatoms. The molecule has 0 aliphatic rings. The first-order valence-corrected chi connectivity index (χ1v) is 7.99. The van der Waals surface area contributed by atoms with E-state index in [1.54, 1.807) is 30.3 Å². The number of methoxy groups -OCH3 is 2. The number of para-hydroxylation sites is 2. The third-order valence-corrected chi connectivity index (χ3v) is 3.67. The summed E-state index contributed by atoms with van der Waals surface area (Å²) in [6, 6.07) is 10.8. The van der Waals surface area contributed by atoms with Crippen LogP contribution in [0.4, 0.5) is 17.1 Å². The zero-order valence-electron chi connectivity index (χ0n) is 14.9. The van der Waals surface area contributed by atoms with Crippen LogP contribution < -0.4 is 15.4 Å². The fraction of sp³-hybridized carbons (Fsp3) is 0.222. The maximum absolute atomic E-state index is 12.2. The van der Waals surface area contributed by atoms with Crippen LogP contribution in [0.3, 0.4) is 0 Å². The van der Waals surface area contributed by atoms with Gasteiger partial charge >= 0.3 is 5.97 Å². The molecule has 142 valence electrons. The highest BCUT2D eigenvalue weighted by Gasteiger charge is 2.16. The lowest BCUT2D eigenvalue weighted by Gasteiger charge is -2.12. The summed E-state index contributed by atoms with van der Waals surface area (Å²) in [7, 11) is 2.70. The minimum atomic E-state index is -0.609. The van der Waals surface area contributed by atoms with Crippen LogP contribution in [0.25, 0.3) is 0 Å². The number of amides is 1. The standard InChI is InChI=1S/C18H19N3O6/c1-26-12-7-8-14(13(11-12)18(23)27-2)20-17(22)9-10-19-15-5-3-4-6-16(15)21(24)25/h3-8,11,19H,9-10H2,1-2H3,(H,20,22). The van der Waals surface area contributed by atoms with E-state index in [0.29, 0.717) is 17.1 Å². The van der Waals surface area contributed by atoms with E-state index < -0.39 is 10.9 Å². The number of benzene rings is 2. The number of carbonyl (C=O) groups is 2. The summed E-state index contributed by atoms with van der Waals surface area (Å²) in [6.07, 6.45) is 0.0404. The predicted molar refractivity (Wildman–Crippen MR) is 99.2 cm³/mol. The van der Waals surface area contributed by atoms with Gasteiger partial charge in [0.1, 0.15) is 11.4 Å². The van der Waals surface area contributed by atoms with Gasteiger partial charge in [0.05, 0.1) is 30.4 Å². The molecule has 0 aliphatic heterocycles. The van der Waals surface area contributed by atoms with Crippen molar-refractivity contribution in [3.8, 4) is 5.75 Å². The minimum absolute atomic E-state index is 0.0404. The number of nitrogens with one attached hydrogen (secondary N) is 2. The van der Waals surface area contributed by atoms with Crippen LogP contribution in [0.2, 0.25) is 0 Å². The molecule has 0 saturated carbocycles. The Labute approximate surface area is 155 Å². The lowest BCUT2D eigenvalue weighted by Crippen LogP contribution is -2.18. The molecule has 0 aliphatic carbocycles. The zero-order chi connectivity index (χ0) is 19.8. The Morgan fingerprint density at radius 3 is 2.52 bits per heavy atom. The van der Waals surface area contributed by atoms with Crippen LogP contribution in [0, 0.1) is 10.1 Å². The number of nitro benzene ring substituents is 1. The summed E-state index contributed by atoms with van der Waals surface area (Å²) < 4.78 is 9.78. The van der Waals surface area contributed by atoms with Crippen molar-refractivity contribution in [3.63, 3.8) is 0 Å². The molecule has 0 saturated heterocycles. The van der Waals surface area contributed by atoms with Gasteiger partial charge in [-0.25, -0.2) is 4.79 Å². The zero-order valence-corrected chi connectivity index (χ0v) is 14.9. The highest BCUT2D eigenvalue weighted by Crippen LogP contribution is 2.24. The fourth-order valence-corrected chi connectivity index (χ4v) is 2.34. The van der Waals surface area contributed by atoms with E-state index in [0.717, 1.165) is 0 Å². The molecular formula is C18H19N3O6. The van der Waals surface area contributed by atoms with Gasteiger partial charge in [0.2, 0.25) is 5.91 Å². The Kier molecular flexibility index (Phi) is 6.70. The third-order valence-electron chi connectivity index (χ3n) is 3.67. The summed E-state index contributed by atoms with van der Waals surface area (Å²) >= 11 is 0. The maximum atomic E-state index is 12.2. The quantitative estimate of drug-likeness (QED) is 0.415. The van der Waals surface area contributed by atoms with Crippen LogP contribution in [0.15, 0.2) is 42.5 Å². The minimum Gasteiger partial charge on any atom is -0.497 e. The molecule has 27 heavy (non-hydrogen) atoms. The van der Waals surface area contributed by atoms with Crippen molar-refractivity contribution in [1.82, 2.24) is 0 Å². The number of hydrogen-bond donors (Lipinski definition) is 2. The lowest BCUT2D eigenvalue weighted by atomic mass is 10.1. The van der Waals surface area contributed by atoms with Crippen LogP contribution in [-0.4, -0.2) is 37.6 Å². The van der Waals surface area contributed by atoms with E-state index >= 15 is 0 Å². The van der Waals surface area contributed by atoms with Crippen molar-refractivity contribution in [2.45, 2.75) is 6.42 Å². The van der Waals surface area contributed by atoms with E-state index in [1.165, 1.54) is 26.4 Å². The molecule has 2 aromatic carbocycles. The van der Waals surface area contributed by atoms with Gasteiger partial charge in [-0.2, -0.15) is 0 Å². The number of esters is 1. The number of nitrogens with zero attached hydrogens (tertiary/aromatic N) is 1. The van der Waals surface area contributed by atoms with Crippen molar-refractivity contribution in [2.75, 3.05) is 31.4 Å². The van der Waals surface area contributed by atoms with E-state index in [-0.39, 0.29) is 30.1 Å². The van der Waals surface area contributed by atoms with E-state index in [4.69, 9.17) is 9.47 Å². The van der Waals surface area contributed by atoms with Gasteiger partial charge in [0.15, 0.2) is 0 Å². The van der Waals surface area contributed by atoms with Crippen molar-refractivity contribution in [2.24, 2.45) is 0 Å². The molecule has 2 N–H and O–H groups in total. The average Bonchev–Trinajstić information content (AvgIpc) is 2.67. The summed E-state index contributed by atoms with van der Waals surface area (Å²) in [5, 5.41) is 16.5. The number of anilines is 2. The Bertz CT molecular complexity index is 853. The second-order valence-electron chi connectivity index (χ2n) is 5.40. The molecule has 9 nitrogen and oxygen atoms in total. The van der Waals surface area contributed by atoms with Gasteiger partial charge in [-0.1, -0.05) is 12.1 Å². The van der Waals surface area contributed by atoms with Gasteiger partial charge < -0.3 is 20.1 Å².